The fourth-order valence-corrected chi connectivity index (χ4v) is 3.79. The standard InChI is InChI=1S/C16H32O.C2H6/c1-13(2)17-15(5,6)12-14(3,4)16(7)10-8-9-11-16;1-2/h13H,8-12H2,1-7H3;1-2H3. The SMILES string of the molecule is CC.CC(C)OC(C)(C)CC(C)(C)C1(C)CCCC1. The number of hydrogen-bond donors (Lipinski definition) is 0. The Balaban J connectivity index is 0.00000154. The highest BCUT2D eigenvalue weighted by molar-refractivity contribution is 4.96. The second-order valence-electron chi connectivity index (χ2n) is 7.75. The maximum atomic E-state index is 6.08. The fourth-order valence-electron chi connectivity index (χ4n) is 3.79. The van der Waals surface area contributed by atoms with Crippen molar-refractivity contribution < 1.29 is 4.74 Å². The lowest BCUT2D eigenvalue weighted by atomic mass is 9.61. The summed E-state index contributed by atoms with van der Waals surface area (Å²) in [5.41, 5.74) is 0.857. The molecule has 19 heavy (non-hydrogen) atoms. The van der Waals surface area contributed by atoms with Crippen molar-refractivity contribution in [3.8, 4) is 0 Å². The van der Waals surface area contributed by atoms with Crippen LogP contribution in [0.2, 0.25) is 0 Å². The lowest BCUT2D eigenvalue weighted by molar-refractivity contribution is -0.0973. The van der Waals surface area contributed by atoms with Gasteiger partial charge in [0.1, 0.15) is 0 Å². The summed E-state index contributed by atoms with van der Waals surface area (Å²) >= 11 is 0. The van der Waals surface area contributed by atoms with E-state index in [4.69, 9.17) is 4.74 Å². The Hall–Kier alpha value is -0.0400. The topological polar surface area (TPSA) is 9.23 Å². The van der Waals surface area contributed by atoms with Crippen LogP contribution < -0.4 is 0 Å². The van der Waals surface area contributed by atoms with Gasteiger partial charge in [0.2, 0.25) is 0 Å². The van der Waals surface area contributed by atoms with E-state index in [1.54, 1.807) is 0 Å². The molecule has 0 spiro atoms. The van der Waals surface area contributed by atoms with Gasteiger partial charge in [0.25, 0.3) is 0 Å². The molecular formula is C18H38O. The summed E-state index contributed by atoms with van der Waals surface area (Å²) in [6.45, 7) is 20.1. The molecule has 116 valence electrons. The van der Waals surface area contributed by atoms with Crippen LogP contribution in [-0.2, 0) is 4.74 Å². The molecule has 1 aliphatic carbocycles. The van der Waals surface area contributed by atoms with Gasteiger partial charge in [-0.25, -0.2) is 0 Å². The van der Waals surface area contributed by atoms with Crippen molar-refractivity contribution in [2.75, 3.05) is 0 Å². The molecule has 0 aromatic rings. The normalized spacial score (nSPS) is 19.3. The van der Waals surface area contributed by atoms with E-state index in [1.807, 2.05) is 13.8 Å². The van der Waals surface area contributed by atoms with E-state index in [0.717, 1.165) is 6.42 Å². The first-order valence-corrected chi connectivity index (χ1v) is 8.26. The van der Waals surface area contributed by atoms with Crippen molar-refractivity contribution in [1.82, 2.24) is 0 Å². The highest BCUT2D eigenvalue weighted by Gasteiger charge is 2.45. The molecule has 0 aromatic carbocycles. The molecular weight excluding hydrogens is 232 g/mol. The van der Waals surface area contributed by atoms with Crippen LogP contribution in [0.3, 0.4) is 0 Å². The van der Waals surface area contributed by atoms with Crippen LogP contribution >= 0.6 is 0 Å². The third-order valence-corrected chi connectivity index (χ3v) is 4.76. The molecule has 0 amide bonds. The van der Waals surface area contributed by atoms with E-state index in [1.165, 1.54) is 25.7 Å². The highest BCUT2D eigenvalue weighted by atomic mass is 16.5. The van der Waals surface area contributed by atoms with Gasteiger partial charge in [0.15, 0.2) is 0 Å². The van der Waals surface area contributed by atoms with Gasteiger partial charge in [0.05, 0.1) is 11.7 Å². The smallest absolute Gasteiger partial charge is 0.0635 e. The maximum Gasteiger partial charge on any atom is 0.0635 e. The second kappa shape index (κ2) is 7.11. The summed E-state index contributed by atoms with van der Waals surface area (Å²) < 4.78 is 6.08. The minimum absolute atomic E-state index is 0.0106. The predicted octanol–water partition coefficient (Wildman–Crippen LogP) is 6.21. The molecule has 0 N–H and O–H groups in total. The number of ether oxygens (including phenoxy) is 1. The molecule has 0 bridgehead atoms. The zero-order valence-electron chi connectivity index (χ0n) is 15.0. The van der Waals surface area contributed by atoms with Crippen LogP contribution in [0.15, 0.2) is 0 Å². The fraction of sp³-hybridized carbons (Fsp3) is 1.00. The molecule has 0 heterocycles. The van der Waals surface area contributed by atoms with Crippen LogP contribution in [-0.4, -0.2) is 11.7 Å². The highest BCUT2D eigenvalue weighted by Crippen LogP contribution is 2.54. The molecule has 1 nitrogen and oxygen atoms in total. The van der Waals surface area contributed by atoms with Crippen LogP contribution in [0.1, 0.15) is 94.4 Å². The molecule has 0 saturated heterocycles. The Labute approximate surface area is 122 Å². The molecule has 0 atom stereocenters. The third kappa shape index (κ3) is 5.45. The Morgan fingerprint density at radius 3 is 1.79 bits per heavy atom. The summed E-state index contributed by atoms with van der Waals surface area (Å²) in [6, 6.07) is 0. The Kier molecular flexibility index (Phi) is 7.09. The van der Waals surface area contributed by atoms with E-state index in [2.05, 4.69) is 48.5 Å². The minimum atomic E-state index is -0.0106. The summed E-state index contributed by atoms with van der Waals surface area (Å²) in [5, 5.41) is 0. The van der Waals surface area contributed by atoms with Crippen molar-refractivity contribution in [2.24, 2.45) is 10.8 Å². The lowest BCUT2D eigenvalue weighted by Crippen LogP contribution is -2.41. The average Bonchev–Trinajstić information content (AvgIpc) is 2.66. The van der Waals surface area contributed by atoms with Crippen molar-refractivity contribution in [3.63, 3.8) is 0 Å². The Morgan fingerprint density at radius 1 is 1.00 bits per heavy atom. The van der Waals surface area contributed by atoms with Gasteiger partial charge >= 0.3 is 0 Å². The molecule has 0 aliphatic heterocycles. The predicted molar refractivity (Wildman–Crippen MR) is 86.6 cm³/mol. The Morgan fingerprint density at radius 2 is 1.42 bits per heavy atom. The van der Waals surface area contributed by atoms with Gasteiger partial charge in [-0.2, -0.15) is 0 Å². The lowest BCUT2D eigenvalue weighted by Gasteiger charge is -2.46. The maximum absolute atomic E-state index is 6.08. The number of rotatable bonds is 5. The number of hydrogen-bond acceptors (Lipinski definition) is 1. The first-order chi connectivity index (χ1) is 8.58. The van der Waals surface area contributed by atoms with Gasteiger partial charge in [-0.05, 0) is 57.8 Å². The zero-order chi connectivity index (χ0) is 15.3. The van der Waals surface area contributed by atoms with Crippen molar-refractivity contribution >= 4 is 0 Å². The third-order valence-electron chi connectivity index (χ3n) is 4.76. The van der Waals surface area contributed by atoms with Gasteiger partial charge in [-0.15, -0.1) is 0 Å². The monoisotopic (exact) mass is 270 g/mol. The van der Waals surface area contributed by atoms with Gasteiger partial charge in [-0.1, -0.05) is 47.5 Å². The van der Waals surface area contributed by atoms with E-state index in [-0.39, 0.29) is 5.60 Å². The Bertz CT molecular complexity index is 244. The molecule has 1 rings (SSSR count). The largest absolute Gasteiger partial charge is 0.373 e. The molecule has 1 saturated carbocycles. The second-order valence-corrected chi connectivity index (χ2v) is 7.75. The molecule has 1 fully saturated rings. The van der Waals surface area contributed by atoms with E-state index >= 15 is 0 Å². The van der Waals surface area contributed by atoms with Crippen LogP contribution in [0.4, 0.5) is 0 Å². The van der Waals surface area contributed by atoms with Crippen molar-refractivity contribution in [1.29, 1.82) is 0 Å². The van der Waals surface area contributed by atoms with E-state index in [0.29, 0.717) is 16.9 Å². The summed E-state index contributed by atoms with van der Waals surface area (Å²) in [4.78, 5) is 0. The first kappa shape index (κ1) is 19.0. The summed E-state index contributed by atoms with van der Waals surface area (Å²) in [6.07, 6.45) is 7.05. The molecule has 1 aliphatic rings. The van der Waals surface area contributed by atoms with Crippen molar-refractivity contribution in [3.05, 3.63) is 0 Å². The molecule has 0 unspecified atom stereocenters. The molecule has 0 aromatic heterocycles. The molecule has 1 heteroatoms. The van der Waals surface area contributed by atoms with Crippen molar-refractivity contribution in [2.45, 2.75) is 106 Å². The van der Waals surface area contributed by atoms with Gasteiger partial charge in [0, 0.05) is 0 Å². The summed E-state index contributed by atoms with van der Waals surface area (Å²) in [7, 11) is 0. The quantitative estimate of drug-likeness (QED) is 0.577. The van der Waals surface area contributed by atoms with E-state index in [9.17, 15) is 0 Å². The zero-order valence-corrected chi connectivity index (χ0v) is 15.0. The molecule has 0 radical (unpaired) electrons. The van der Waals surface area contributed by atoms with Gasteiger partial charge in [-0.3, -0.25) is 0 Å². The van der Waals surface area contributed by atoms with E-state index < -0.39 is 0 Å². The van der Waals surface area contributed by atoms with Crippen LogP contribution in [0.5, 0.6) is 0 Å². The first-order valence-electron chi connectivity index (χ1n) is 8.26. The van der Waals surface area contributed by atoms with Gasteiger partial charge < -0.3 is 4.74 Å². The summed E-state index contributed by atoms with van der Waals surface area (Å²) in [5.74, 6) is 0. The van der Waals surface area contributed by atoms with Crippen LogP contribution in [0.25, 0.3) is 0 Å². The average molecular weight is 271 g/mol. The minimum Gasteiger partial charge on any atom is -0.373 e. The van der Waals surface area contributed by atoms with Crippen LogP contribution in [0, 0.1) is 10.8 Å².